The van der Waals surface area contributed by atoms with Crippen molar-refractivity contribution in [3.63, 3.8) is 0 Å². The number of ether oxygens (including phenoxy) is 1. The quantitative estimate of drug-likeness (QED) is 0.913. The first-order valence-electron chi connectivity index (χ1n) is 6.33. The summed E-state index contributed by atoms with van der Waals surface area (Å²) in [6.07, 6.45) is 3.37. The lowest BCUT2D eigenvalue weighted by atomic mass is 10.1. The van der Waals surface area contributed by atoms with Crippen LogP contribution in [0.4, 0.5) is 0 Å². The van der Waals surface area contributed by atoms with E-state index >= 15 is 0 Å². The number of nitrogens with one attached hydrogen (secondary N) is 1. The van der Waals surface area contributed by atoms with Gasteiger partial charge in [-0.25, -0.2) is 0 Å². The highest BCUT2D eigenvalue weighted by Crippen LogP contribution is 2.26. The molecular weight excluding hydrogens is 311 g/mol. The molecule has 1 N–H and O–H groups in total. The average molecular weight is 325 g/mol. The van der Waals surface area contributed by atoms with Crippen LogP contribution < -0.4 is 10.1 Å². The van der Waals surface area contributed by atoms with Crippen LogP contribution in [0.2, 0.25) is 10.0 Å². The Morgan fingerprint density at radius 3 is 2.62 bits per heavy atom. The van der Waals surface area contributed by atoms with Crippen molar-refractivity contribution in [2.75, 3.05) is 6.61 Å². The molecule has 0 fully saturated rings. The number of hydrogen-bond donors (Lipinski definition) is 1. The first-order valence-corrected chi connectivity index (χ1v) is 7.09. The number of nitrogens with zero attached hydrogens (tertiary/aromatic N) is 1. The average Bonchev–Trinajstić information content (AvgIpc) is 2.49. The Morgan fingerprint density at radius 1 is 1.24 bits per heavy atom. The highest BCUT2D eigenvalue weighted by Gasteiger charge is 2.10. The largest absolute Gasteiger partial charge is 0.484 e. The van der Waals surface area contributed by atoms with Gasteiger partial charge < -0.3 is 10.1 Å². The van der Waals surface area contributed by atoms with Gasteiger partial charge in [0, 0.05) is 18.5 Å². The van der Waals surface area contributed by atoms with Crippen molar-refractivity contribution in [2.45, 2.75) is 13.0 Å². The van der Waals surface area contributed by atoms with Crippen molar-refractivity contribution >= 4 is 29.1 Å². The highest BCUT2D eigenvalue weighted by molar-refractivity contribution is 6.42. The SMILES string of the molecule is C[C@H](NC(=O)COc1ccc(Cl)c(Cl)c1)c1ccncc1. The van der Waals surface area contributed by atoms with E-state index in [0.717, 1.165) is 5.56 Å². The van der Waals surface area contributed by atoms with Crippen LogP contribution >= 0.6 is 23.2 Å². The fourth-order valence-electron chi connectivity index (χ4n) is 1.73. The van der Waals surface area contributed by atoms with E-state index in [1.165, 1.54) is 0 Å². The minimum atomic E-state index is -0.217. The fourth-order valence-corrected chi connectivity index (χ4v) is 2.02. The molecule has 1 atom stereocenters. The van der Waals surface area contributed by atoms with Crippen molar-refractivity contribution in [2.24, 2.45) is 0 Å². The standard InChI is InChI=1S/C15H14Cl2N2O2/c1-10(11-4-6-18-7-5-11)19-15(20)9-21-12-2-3-13(16)14(17)8-12/h2-8,10H,9H2,1H3,(H,19,20)/t10-/m0/s1. The van der Waals surface area contributed by atoms with Gasteiger partial charge in [0.25, 0.3) is 5.91 Å². The second kappa shape index (κ2) is 7.29. The molecule has 0 saturated carbocycles. The van der Waals surface area contributed by atoms with Gasteiger partial charge in [0.2, 0.25) is 0 Å². The van der Waals surface area contributed by atoms with E-state index in [1.54, 1.807) is 30.6 Å². The van der Waals surface area contributed by atoms with Crippen molar-refractivity contribution in [3.8, 4) is 5.75 Å². The predicted octanol–water partition coefficient (Wildman–Crippen LogP) is 3.64. The summed E-state index contributed by atoms with van der Waals surface area (Å²) in [5, 5.41) is 3.67. The van der Waals surface area contributed by atoms with E-state index < -0.39 is 0 Å². The number of halogens is 2. The van der Waals surface area contributed by atoms with Gasteiger partial charge in [-0.3, -0.25) is 9.78 Å². The monoisotopic (exact) mass is 324 g/mol. The van der Waals surface area contributed by atoms with Gasteiger partial charge in [-0.05, 0) is 36.8 Å². The lowest BCUT2D eigenvalue weighted by Gasteiger charge is -2.14. The molecule has 0 radical (unpaired) electrons. The molecule has 0 aliphatic carbocycles. The lowest BCUT2D eigenvalue weighted by Crippen LogP contribution is -2.31. The number of pyridine rings is 1. The fraction of sp³-hybridized carbons (Fsp3) is 0.200. The van der Waals surface area contributed by atoms with E-state index in [4.69, 9.17) is 27.9 Å². The summed E-state index contributed by atoms with van der Waals surface area (Å²) >= 11 is 11.7. The molecule has 0 aliphatic heterocycles. The molecule has 6 heteroatoms. The Balaban J connectivity index is 1.86. The molecule has 0 bridgehead atoms. The van der Waals surface area contributed by atoms with Crippen molar-refractivity contribution < 1.29 is 9.53 Å². The molecular formula is C15H14Cl2N2O2. The van der Waals surface area contributed by atoms with Gasteiger partial charge >= 0.3 is 0 Å². The molecule has 0 aliphatic rings. The van der Waals surface area contributed by atoms with Crippen LogP contribution in [0.15, 0.2) is 42.7 Å². The van der Waals surface area contributed by atoms with Gasteiger partial charge in [-0.2, -0.15) is 0 Å². The van der Waals surface area contributed by atoms with E-state index in [0.29, 0.717) is 15.8 Å². The van der Waals surface area contributed by atoms with Crippen molar-refractivity contribution in [3.05, 3.63) is 58.3 Å². The lowest BCUT2D eigenvalue weighted by molar-refractivity contribution is -0.123. The van der Waals surface area contributed by atoms with Crippen LogP contribution in [0.5, 0.6) is 5.75 Å². The Hall–Kier alpha value is -1.78. The number of hydrogen-bond acceptors (Lipinski definition) is 3. The maximum Gasteiger partial charge on any atom is 0.258 e. The molecule has 1 amide bonds. The zero-order chi connectivity index (χ0) is 15.2. The Labute approximate surface area is 133 Å². The number of amides is 1. The van der Waals surface area contributed by atoms with Crippen LogP contribution in [0.3, 0.4) is 0 Å². The Bertz CT molecular complexity index is 620. The molecule has 0 saturated heterocycles. The molecule has 21 heavy (non-hydrogen) atoms. The molecule has 0 unspecified atom stereocenters. The zero-order valence-electron chi connectivity index (χ0n) is 11.3. The Kier molecular flexibility index (Phi) is 5.42. The van der Waals surface area contributed by atoms with E-state index in [-0.39, 0.29) is 18.6 Å². The minimum absolute atomic E-state index is 0.0899. The maximum atomic E-state index is 11.8. The first kappa shape index (κ1) is 15.6. The summed E-state index contributed by atoms with van der Waals surface area (Å²) in [6.45, 7) is 1.81. The van der Waals surface area contributed by atoms with E-state index in [9.17, 15) is 4.79 Å². The third-order valence-electron chi connectivity index (χ3n) is 2.84. The summed E-state index contributed by atoms with van der Waals surface area (Å²) in [6, 6.07) is 8.45. The second-order valence-corrected chi connectivity index (χ2v) is 5.25. The molecule has 1 aromatic carbocycles. The summed E-state index contributed by atoms with van der Waals surface area (Å²) in [7, 11) is 0. The van der Waals surface area contributed by atoms with Crippen molar-refractivity contribution in [1.29, 1.82) is 0 Å². The summed E-state index contributed by atoms with van der Waals surface area (Å²) in [4.78, 5) is 15.8. The van der Waals surface area contributed by atoms with E-state index in [2.05, 4.69) is 10.3 Å². The van der Waals surface area contributed by atoms with Crippen LogP contribution in [0, 0.1) is 0 Å². The highest BCUT2D eigenvalue weighted by atomic mass is 35.5. The summed E-state index contributed by atoms with van der Waals surface area (Å²) in [5.41, 5.74) is 0.980. The normalized spacial score (nSPS) is 11.8. The number of benzene rings is 1. The molecule has 1 heterocycles. The van der Waals surface area contributed by atoms with Crippen LogP contribution in [-0.2, 0) is 4.79 Å². The number of rotatable bonds is 5. The number of carbonyl (C=O) groups is 1. The number of carbonyl (C=O) groups excluding carboxylic acids is 1. The van der Waals surface area contributed by atoms with Crippen LogP contribution in [0.1, 0.15) is 18.5 Å². The summed E-state index contributed by atoms with van der Waals surface area (Å²) in [5.74, 6) is 0.279. The third kappa shape index (κ3) is 4.62. The molecule has 1 aromatic heterocycles. The van der Waals surface area contributed by atoms with Crippen LogP contribution in [0.25, 0.3) is 0 Å². The van der Waals surface area contributed by atoms with Crippen LogP contribution in [-0.4, -0.2) is 17.5 Å². The maximum absolute atomic E-state index is 11.8. The Morgan fingerprint density at radius 2 is 1.95 bits per heavy atom. The minimum Gasteiger partial charge on any atom is -0.484 e. The molecule has 2 aromatic rings. The second-order valence-electron chi connectivity index (χ2n) is 4.43. The smallest absolute Gasteiger partial charge is 0.258 e. The zero-order valence-corrected chi connectivity index (χ0v) is 12.9. The first-order chi connectivity index (χ1) is 10.1. The van der Waals surface area contributed by atoms with Gasteiger partial charge in [0.15, 0.2) is 6.61 Å². The van der Waals surface area contributed by atoms with E-state index in [1.807, 2.05) is 19.1 Å². The molecule has 2 rings (SSSR count). The predicted molar refractivity (Wildman–Crippen MR) is 82.8 cm³/mol. The number of aromatic nitrogens is 1. The van der Waals surface area contributed by atoms with Gasteiger partial charge in [0.1, 0.15) is 5.75 Å². The topological polar surface area (TPSA) is 51.2 Å². The van der Waals surface area contributed by atoms with Gasteiger partial charge in [0.05, 0.1) is 16.1 Å². The summed E-state index contributed by atoms with van der Waals surface area (Å²) < 4.78 is 5.37. The van der Waals surface area contributed by atoms with Gasteiger partial charge in [-0.15, -0.1) is 0 Å². The van der Waals surface area contributed by atoms with Crippen molar-refractivity contribution in [1.82, 2.24) is 10.3 Å². The molecule has 0 spiro atoms. The molecule has 4 nitrogen and oxygen atoms in total. The van der Waals surface area contributed by atoms with Gasteiger partial charge in [-0.1, -0.05) is 23.2 Å². The third-order valence-corrected chi connectivity index (χ3v) is 3.58. The molecule has 110 valence electrons.